The Morgan fingerprint density at radius 1 is 1.39 bits per heavy atom. The summed E-state index contributed by atoms with van der Waals surface area (Å²) in [4.78, 5) is 25.2. The fraction of sp³-hybridized carbons (Fsp3) is 0.846. The molecule has 0 saturated carbocycles. The first-order valence-corrected chi connectivity index (χ1v) is 6.93. The Morgan fingerprint density at radius 3 is 2.67 bits per heavy atom. The number of hydrogen-bond donors (Lipinski definition) is 2. The van der Waals surface area contributed by atoms with Gasteiger partial charge in [-0.1, -0.05) is 0 Å². The molecule has 0 aromatic carbocycles. The number of nitrogens with zero attached hydrogens (tertiary/aromatic N) is 1. The van der Waals surface area contributed by atoms with Gasteiger partial charge in [0.1, 0.15) is 6.04 Å². The fourth-order valence-corrected chi connectivity index (χ4v) is 2.81. The molecular weight excluding hydrogens is 230 g/mol. The lowest BCUT2D eigenvalue weighted by molar-refractivity contribution is -0.135. The van der Waals surface area contributed by atoms with Crippen LogP contribution in [0.5, 0.6) is 0 Å². The molecule has 2 aliphatic heterocycles. The molecule has 0 unspecified atom stereocenters. The third-order valence-corrected chi connectivity index (χ3v) is 4.02. The van der Waals surface area contributed by atoms with Crippen LogP contribution in [-0.4, -0.2) is 49.4 Å². The summed E-state index contributed by atoms with van der Waals surface area (Å²) >= 11 is 0. The molecule has 5 nitrogen and oxygen atoms in total. The van der Waals surface area contributed by atoms with Gasteiger partial charge in [-0.25, -0.2) is 0 Å². The van der Waals surface area contributed by atoms with Crippen LogP contribution in [0, 0.1) is 5.92 Å². The van der Waals surface area contributed by atoms with Crippen molar-refractivity contribution in [2.24, 2.45) is 5.92 Å². The average Bonchev–Trinajstić information content (AvgIpc) is 2.83. The van der Waals surface area contributed by atoms with Crippen molar-refractivity contribution in [2.75, 3.05) is 26.7 Å². The molecule has 0 spiro atoms. The van der Waals surface area contributed by atoms with Crippen molar-refractivity contribution in [3.05, 3.63) is 0 Å². The maximum absolute atomic E-state index is 12.2. The first kappa shape index (κ1) is 13.3. The van der Waals surface area contributed by atoms with Gasteiger partial charge in [-0.05, 0) is 45.2 Å². The summed E-state index contributed by atoms with van der Waals surface area (Å²) in [6, 6.07) is -0.258. The quantitative estimate of drug-likeness (QED) is 0.748. The largest absolute Gasteiger partial charge is 0.344 e. The van der Waals surface area contributed by atoms with E-state index in [0.717, 1.165) is 38.4 Å². The van der Waals surface area contributed by atoms with Crippen molar-refractivity contribution in [2.45, 2.75) is 38.1 Å². The van der Waals surface area contributed by atoms with E-state index in [1.807, 2.05) is 11.9 Å². The van der Waals surface area contributed by atoms with E-state index >= 15 is 0 Å². The molecule has 1 atom stereocenters. The summed E-state index contributed by atoms with van der Waals surface area (Å²) in [6.07, 6.45) is 4.53. The Kier molecular flexibility index (Phi) is 4.58. The van der Waals surface area contributed by atoms with Crippen molar-refractivity contribution in [3.63, 3.8) is 0 Å². The fourth-order valence-electron chi connectivity index (χ4n) is 2.81. The van der Waals surface area contributed by atoms with E-state index < -0.39 is 0 Å². The van der Waals surface area contributed by atoms with E-state index in [1.54, 1.807) is 0 Å². The zero-order chi connectivity index (χ0) is 13.0. The summed E-state index contributed by atoms with van der Waals surface area (Å²) in [5.74, 6) is 0.866. The monoisotopic (exact) mass is 253 g/mol. The second kappa shape index (κ2) is 6.18. The van der Waals surface area contributed by atoms with Gasteiger partial charge in [0.05, 0.1) is 0 Å². The molecule has 5 heteroatoms. The molecular formula is C13H23N3O2. The maximum Gasteiger partial charge on any atom is 0.245 e. The predicted octanol–water partition coefficient (Wildman–Crippen LogP) is 0.113. The summed E-state index contributed by atoms with van der Waals surface area (Å²) in [5.41, 5.74) is 0. The summed E-state index contributed by atoms with van der Waals surface area (Å²) in [6.45, 7) is 2.75. The van der Waals surface area contributed by atoms with Gasteiger partial charge in [0, 0.05) is 19.5 Å². The Hall–Kier alpha value is -1.10. The van der Waals surface area contributed by atoms with E-state index in [1.165, 1.54) is 6.42 Å². The smallest absolute Gasteiger partial charge is 0.245 e. The lowest BCUT2D eigenvalue weighted by atomic mass is 9.93. The van der Waals surface area contributed by atoms with Crippen LogP contribution in [0.4, 0.5) is 0 Å². The molecule has 0 bridgehead atoms. The minimum atomic E-state index is -0.258. The number of rotatable bonds is 4. The van der Waals surface area contributed by atoms with Crippen LogP contribution in [0.15, 0.2) is 0 Å². The molecule has 2 saturated heterocycles. The minimum Gasteiger partial charge on any atom is -0.344 e. The third-order valence-electron chi connectivity index (χ3n) is 4.02. The van der Waals surface area contributed by atoms with Crippen LogP contribution in [0.3, 0.4) is 0 Å². The van der Waals surface area contributed by atoms with Crippen molar-refractivity contribution in [1.29, 1.82) is 0 Å². The van der Waals surface area contributed by atoms with Gasteiger partial charge < -0.3 is 15.5 Å². The first-order chi connectivity index (χ1) is 8.70. The molecule has 102 valence electrons. The summed E-state index contributed by atoms with van der Waals surface area (Å²) < 4.78 is 0. The normalized spacial score (nSPS) is 25.3. The molecule has 2 heterocycles. The van der Waals surface area contributed by atoms with Crippen LogP contribution in [0.25, 0.3) is 0 Å². The van der Waals surface area contributed by atoms with Crippen molar-refractivity contribution in [3.8, 4) is 0 Å². The predicted molar refractivity (Wildman–Crippen MR) is 69.0 cm³/mol. The second-order valence-corrected chi connectivity index (χ2v) is 5.32. The number of carbonyl (C=O) groups is 2. The van der Waals surface area contributed by atoms with Crippen LogP contribution in [0.2, 0.25) is 0 Å². The van der Waals surface area contributed by atoms with Gasteiger partial charge in [0.15, 0.2) is 0 Å². The number of likely N-dealkylation sites (tertiary alicyclic amines) is 1. The highest BCUT2D eigenvalue weighted by Gasteiger charge is 2.32. The number of piperidine rings is 1. The highest BCUT2D eigenvalue weighted by atomic mass is 16.2. The van der Waals surface area contributed by atoms with Gasteiger partial charge in [-0.15, -0.1) is 0 Å². The van der Waals surface area contributed by atoms with Crippen LogP contribution >= 0.6 is 0 Å². The molecule has 0 aromatic rings. The van der Waals surface area contributed by atoms with Crippen LogP contribution in [-0.2, 0) is 9.59 Å². The molecule has 2 amide bonds. The van der Waals surface area contributed by atoms with Gasteiger partial charge >= 0.3 is 0 Å². The van der Waals surface area contributed by atoms with Gasteiger partial charge in [0.2, 0.25) is 11.8 Å². The summed E-state index contributed by atoms with van der Waals surface area (Å²) in [5, 5.41) is 5.93. The molecule has 2 rings (SSSR count). The molecule has 18 heavy (non-hydrogen) atoms. The second-order valence-electron chi connectivity index (χ2n) is 5.32. The highest BCUT2D eigenvalue weighted by molar-refractivity contribution is 5.90. The molecule has 2 aliphatic rings. The zero-order valence-corrected chi connectivity index (χ0v) is 11.1. The molecule has 0 aromatic heterocycles. The Balaban J connectivity index is 1.75. The highest BCUT2D eigenvalue weighted by Crippen LogP contribution is 2.21. The molecule has 0 radical (unpaired) electrons. The average molecular weight is 253 g/mol. The van der Waals surface area contributed by atoms with E-state index in [-0.39, 0.29) is 17.9 Å². The van der Waals surface area contributed by atoms with Crippen molar-refractivity contribution >= 4 is 11.8 Å². The number of carbonyl (C=O) groups excluding carboxylic acids is 2. The van der Waals surface area contributed by atoms with E-state index in [0.29, 0.717) is 12.8 Å². The van der Waals surface area contributed by atoms with Crippen molar-refractivity contribution in [1.82, 2.24) is 15.5 Å². The van der Waals surface area contributed by atoms with E-state index in [4.69, 9.17) is 0 Å². The van der Waals surface area contributed by atoms with Crippen molar-refractivity contribution < 1.29 is 9.59 Å². The van der Waals surface area contributed by atoms with Crippen LogP contribution < -0.4 is 10.6 Å². The number of hydrogen-bond acceptors (Lipinski definition) is 3. The Bertz CT molecular complexity index is 311. The molecule has 0 aliphatic carbocycles. The van der Waals surface area contributed by atoms with Gasteiger partial charge in [0.25, 0.3) is 0 Å². The van der Waals surface area contributed by atoms with Gasteiger partial charge in [-0.2, -0.15) is 0 Å². The molecule has 2 N–H and O–H groups in total. The van der Waals surface area contributed by atoms with E-state index in [2.05, 4.69) is 10.6 Å². The molecule has 2 fully saturated rings. The maximum atomic E-state index is 12.2. The lowest BCUT2D eigenvalue weighted by Crippen LogP contribution is -2.47. The Labute approximate surface area is 108 Å². The topological polar surface area (TPSA) is 61.4 Å². The zero-order valence-electron chi connectivity index (χ0n) is 11.1. The number of amides is 2. The van der Waals surface area contributed by atoms with E-state index in [9.17, 15) is 9.59 Å². The standard InChI is InChI=1S/C13H23N3O2/c1-14-7-4-10-5-8-16(9-6-10)13(18)11-2-3-12(17)15-11/h10-11,14H,2-9H2,1H3,(H,15,17)/t11-/m1/s1. The number of nitrogens with one attached hydrogen (secondary N) is 2. The van der Waals surface area contributed by atoms with Crippen LogP contribution in [0.1, 0.15) is 32.1 Å². The third kappa shape index (κ3) is 3.22. The lowest BCUT2D eigenvalue weighted by Gasteiger charge is -2.33. The SMILES string of the molecule is CNCCC1CCN(C(=O)[C@H]2CCC(=O)N2)CC1. The Morgan fingerprint density at radius 2 is 2.11 bits per heavy atom. The summed E-state index contributed by atoms with van der Waals surface area (Å²) in [7, 11) is 1.97. The minimum absolute atomic E-state index is 0.0113. The van der Waals surface area contributed by atoms with Gasteiger partial charge in [-0.3, -0.25) is 9.59 Å². The first-order valence-electron chi connectivity index (χ1n) is 6.93.